The van der Waals surface area contributed by atoms with Gasteiger partial charge in [-0.25, -0.2) is 13.4 Å². The molecule has 198 valence electrons. The fourth-order valence-electron chi connectivity index (χ4n) is 5.51. The lowest BCUT2D eigenvalue weighted by molar-refractivity contribution is 0.0416. The van der Waals surface area contributed by atoms with E-state index < -0.39 is 15.1 Å². The second-order valence-corrected chi connectivity index (χ2v) is 13.1. The van der Waals surface area contributed by atoms with Crippen molar-refractivity contribution in [3.8, 4) is 0 Å². The van der Waals surface area contributed by atoms with Gasteiger partial charge in [0.2, 0.25) is 0 Å². The van der Waals surface area contributed by atoms with Crippen molar-refractivity contribution in [2.24, 2.45) is 5.41 Å². The average molecular weight is 527 g/mol. The van der Waals surface area contributed by atoms with Gasteiger partial charge in [-0.15, -0.1) is 0 Å². The zero-order valence-electron chi connectivity index (χ0n) is 21.2. The smallest absolute Gasteiger partial charge is 0.258 e. The van der Waals surface area contributed by atoms with Crippen LogP contribution in [0, 0.1) is 5.41 Å². The van der Waals surface area contributed by atoms with E-state index in [1.54, 1.807) is 24.3 Å². The van der Waals surface area contributed by atoms with Gasteiger partial charge in [0, 0.05) is 26.2 Å². The van der Waals surface area contributed by atoms with Gasteiger partial charge in [0.05, 0.1) is 42.1 Å². The number of carbonyl (C=O) groups excluding carboxylic acids is 1. The normalized spacial score (nSPS) is 23.5. The molecule has 0 bridgehead atoms. The Hall–Kier alpha value is -2.69. The van der Waals surface area contributed by atoms with Gasteiger partial charge in [-0.2, -0.15) is 0 Å². The number of amides is 1. The minimum atomic E-state index is -3.51. The van der Waals surface area contributed by atoms with E-state index in [1.165, 1.54) is 12.8 Å². The quantitative estimate of drug-likeness (QED) is 0.613. The molecule has 1 N–H and O–H groups in total. The van der Waals surface area contributed by atoms with Gasteiger partial charge in [-0.05, 0) is 68.4 Å². The molecule has 6 rings (SSSR count). The van der Waals surface area contributed by atoms with Crippen LogP contribution >= 0.6 is 0 Å². The van der Waals surface area contributed by atoms with Gasteiger partial charge in [0.25, 0.3) is 5.91 Å². The van der Waals surface area contributed by atoms with E-state index in [1.807, 2.05) is 19.1 Å². The molecule has 2 aromatic rings. The van der Waals surface area contributed by atoms with E-state index in [4.69, 9.17) is 9.47 Å². The molecule has 1 aromatic carbocycles. The highest BCUT2D eigenvalue weighted by atomic mass is 32.2. The van der Waals surface area contributed by atoms with Gasteiger partial charge < -0.3 is 24.6 Å². The third-order valence-corrected chi connectivity index (χ3v) is 10.3. The van der Waals surface area contributed by atoms with Gasteiger partial charge in [-0.3, -0.25) is 4.79 Å². The van der Waals surface area contributed by atoms with E-state index >= 15 is 0 Å². The Morgan fingerprint density at radius 3 is 2.51 bits per heavy atom. The number of piperidine rings is 1. The highest BCUT2D eigenvalue weighted by Gasteiger charge is 2.45. The molecule has 37 heavy (non-hydrogen) atoms. The van der Waals surface area contributed by atoms with Gasteiger partial charge in [0.15, 0.2) is 9.84 Å². The highest BCUT2D eigenvalue weighted by molar-refractivity contribution is 7.92. The van der Waals surface area contributed by atoms with Crippen LogP contribution in [0.4, 0.5) is 17.3 Å². The van der Waals surface area contributed by atoms with E-state index in [9.17, 15) is 13.2 Å². The number of morpholine rings is 1. The summed E-state index contributed by atoms with van der Waals surface area (Å²) >= 11 is 0. The molecular weight excluding hydrogens is 492 g/mol. The number of benzene rings is 1. The van der Waals surface area contributed by atoms with Crippen LogP contribution in [0.25, 0.3) is 0 Å². The molecule has 3 aliphatic heterocycles. The summed E-state index contributed by atoms with van der Waals surface area (Å²) in [6.45, 7) is 6.24. The molecule has 1 spiro atoms. The zero-order valence-corrected chi connectivity index (χ0v) is 22.0. The number of rotatable bonds is 6. The Kier molecular flexibility index (Phi) is 6.37. The predicted molar refractivity (Wildman–Crippen MR) is 141 cm³/mol. The van der Waals surface area contributed by atoms with Crippen LogP contribution in [0.15, 0.2) is 41.3 Å². The molecule has 3 saturated heterocycles. The van der Waals surface area contributed by atoms with Gasteiger partial charge >= 0.3 is 0 Å². The van der Waals surface area contributed by atoms with Crippen molar-refractivity contribution in [3.05, 3.63) is 42.0 Å². The summed E-state index contributed by atoms with van der Waals surface area (Å²) in [6.07, 6.45) is 4.81. The van der Waals surface area contributed by atoms with Gasteiger partial charge in [-0.1, -0.05) is 6.07 Å². The molecule has 1 saturated carbocycles. The molecule has 4 heterocycles. The Bertz CT molecular complexity index is 1280. The number of anilines is 3. The van der Waals surface area contributed by atoms with Crippen molar-refractivity contribution in [2.75, 3.05) is 61.1 Å². The molecule has 0 radical (unpaired) electrons. The standard InChI is InChI=1S/C27H34N4O5S/c1-19-16-31(13-14-36-19)25-4-2-3-24(28-25)29-26(32)22-6-5-20(37(33,34)21-17-35-18-21)15-23(22)30-11-9-27(7-8-27)10-12-30/h2-6,15,19,21H,7-14,16-18H2,1H3,(H,28,29,32). The molecule has 4 aliphatic rings. The number of hydrogen-bond donors (Lipinski definition) is 1. The summed E-state index contributed by atoms with van der Waals surface area (Å²) in [4.78, 5) is 22.8. The van der Waals surface area contributed by atoms with Crippen LogP contribution in [0.5, 0.6) is 0 Å². The average Bonchev–Trinajstić information content (AvgIpc) is 3.61. The monoisotopic (exact) mass is 526 g/mol. The van der Waals surface area contributed by atoms with E-state index in [0.717, 1.165) is 44.8 Å². The predicted octanol–water partition coefficient (Wildman–Crippen LogP) is 3.11. The first-order chi connectivity index (χ1) is 17.8. The van der Waals surface area contributed by atoms with Crippen molar-refractivity contribution < 1.29 is 22.7 Å². The fraction of sp³-hybridized carbons (Fsp3) is 0.556. The van der Waals surface area contributed by atoms with Crippen molar-refractivity contribution in [1.82, 2.24) is 4.98 Å². The molecule has 1 atom stereocenters. The number of carbonyl (C=O) groups is 1. The maximum absolute atomic E-state index is 13.5. The number of ether oxygens (including phenoxy) is 2. The summed E-state index contributed by atoms with van der Waals surface area (Å²) in [5, 5.41) is 2.43. The second kappa shape index (κ2) is 9.56. The maximum Gasteiger partial charge on any atom is 0.258 e. The zero-order chi connectivity index (χ0) is 25.6. The number of hydrogen-bond acceptors (Lipinski definition) is 8. The van der Waals surface area contributed by atoms with E-state index in [2.05, 4.69) is 20.1 Å². The highest BCUT2D eigenvalue weighted by Crippen LogP contribution is 2.54. The molecule has 9 nitrogen and oxygen atoms in total. The number of aromatic nitrogens is 1. The minimum Gasteiger partial charge on any atom is -0.379 e. The lowest BCUT2D eigenvalue weighted by Crippen LogP contribution is -2.41. The van der Waals surface area contributed by atoms with Crippen LogP contribution in [0.1, 0.15) is 43.0 Å². The first-order valence-corrected chi connectivity index (χ1v) is 14.7. The Morgan fingerprint density at radius 2 is 1.84 bits per heavy atom. The number of nitrogens with one attached hydrogen (secondary N) is 1. The van der Waals surface area contributed by atoms with Crippen LogP contribution in [-0.4, -0.2) is 76.7 Å². The van der Waals surface area contributed by atoms with Crippen molar-refractivity contribution in [1.29, 1.82) is 0 Å². The summed E-state index contributed by atoms with van der Waals surface area (Å²) in [6, 6.07) is 10.5. The maximum atomic E-state index is 13.5. The topological polar surface area (TPSA) is 101 Å². The van der Waals surface area contributed by atoms with Gasteiger partial charge in [0.1, 0.15) is 16.9 Å². The molecule has 1 amide bonds. The van der Waals surface area contributed by atoms with Crippen molar-refractivity contribution >= 4 is 33.1 Å². The summed E-state index contributed by atoms with van der Waals surface area (Å²) in [5.74, 6) is 0.965. The molecular formula is C27H34N4O5S. The Balaban J connectivity index is 1.27. The molecule has 1 aliphatic carbocycles. The fourth-order valence-corrected chi connectivity index (χ4v) is 6.97. The Labute approximate surface area is 218 Å². The van der Waals surface area contributed by atoms with Crippen LogP contribution in [0.2, 0.25) is 0 Å². The lowest BCUT2D eigenvalue weighted by Gasteiger charge is -2.35. The minimum absolute atomic E-state index is 0.122. The lowest BCUT2D eigenvalue weighted by atomic mass is 9.93. The third-order valence-electron chi connectivity index (χ3n) is 8.25. The summed E-state index contributed by atoms with van der Waals surface area (Å²) in [7, 11) is -3.51. The largest absolute Gasteiger partial charge is 0.379 e. The number of sulfone groups is 1. The molecule has 1 unspecified atom stereocenters. The molecule has 4 fully saturated rings. The number of nitrogens with zero attached hydrogens (tertiary/aromatic N) is 3. The van der Waals surface area contributed by atoms with E-state index in [-0.39, 0.29) is 30.1 Å². The first-order valence-electron chi connectivity index (χ1n) is 13.2. The summed E-state index contributed by atoms with van der Waals surface area (Å²) < 4.78 is 37.0. The summed E-state index contributed by atoms with van der Waals surface area (Å²) in [5.41, 5.74) is 1.60. The second-order valence-electron chi connectivity index (χ2n) is 10.8. The molecule has 10 heteroatoms. The SMILES string of the molecule is CC1CN(c2cccc(NC(=O)c3ccc(S(=O)(=O)C4COC4)cc3N3CCC4(CC3)CC4)n2)CCO1. The van der Waals surface area contributed by atoms with Crippen LogP contribution < -0.4 is 15.1 Å². The Morgan fingerprint density at radius 1 is 1.05 bits per heavy atom. The van der Waals surface area contributed by atoms with Crippen molar-refractivity contribution in [3.63, 3.8) is 0 Å². The first kappa shape index (κ1) is 24.6. The van der Waals surface area contributed by atoms with Crippen LogP contribution in [-0.2, 0) is 19.3 Å². The van der Waals surface area contributed by atoms with Crippen LogP contribution in [0.3, 0.4) is 0 Å². The number of pyridine rings is 1. The van der Waals surface area contributed by atoms with Crippen molar-refractivity contribution in [2.45, 2.75) is 48.9 Å². The third kappa shape index (κ3) is 4.94. The van der Waals surface area contributed by atoms with E-state index in [0.29, 0.717) is 29.1 Å². The molecule has 1 aromatic heterocycles.